The van der Waals surface area contributed by atoms with E-state index in [2.05, 4.69) is 10.4 Å². The molecule has 1 aromatic heterocycles. The number of carbonyl (C=O) groups is 1. The molecule has 134 valence electrons. The first kappa shape index (κ1) is 17.7. The van der Waals surface area contributed by atoms with Crippen molar-refractivity contribution in [1.29, 1.82) is 0 Å². The third-order valence-electron chi connectivity index (χ3n) is 3.89. The van der Waals surface area contributed by atoms with E-state index in [1.807, 2.05) is 13.8 Å². The average Bonchev–Trinajstić information content (AvgIpc) is 2.95. The van der Waals surface area contributed by atoms with E-state index < -0.39 is 28.9 Å². The van der Waals surface area contributed by atoms with Gasteiger partial charge in [0.1, 0.15) is 23.0 Å². The van der Waals surface area contributed by atoms with E-state index in [1.54, 1.807) is 10.7 Å². The van der Waals surface area contributed by atoms with E-state index in [0.29, 0.717) is 17.8 Å². The normalized spacial score (nSPS) is 10.8. The topological polar surface area (TPSA) is 46.9 Å². The molecule has 0 aliphatic carbocycles. The second-order valence-corrected chi connectivity index (χ2v) is 5.73. The molecule has 26 heavy (non-hydrogen) atoms. The lowest BCUT2D eigenvalue weighted by molar-refractivity contribution is 0.101. The number of nitrogens with zero attached hydrogens (tertiary/aromatic N) is 2. The zero-order valence-corrected chi connectivity index (χ0v) is 14.2. The van der Waals surface area contributed by atoms with Crippen LogP contribution in [0.1, 0.15) is 23.0 Å². The zero-order chi connectivity index (χ0) is 18.8. The van der Waals surface area contributed by atoms with Gasteiger partial charge in [0.25, 0.3) is 5.91 Å². The van der Waals surface area contributed by atoms with E-state index in [-0.39, 0.29) is 5.69 Å². The van der Waals surface area contributed by atoms with Crippen LogP contribution < -0.4 is 5.32 Å². The summed E-state index contributed by atoms with van der Waals surface area (Å²) in [6.07, 6.45) is 0. The molecule has 4 nitrogen and oxygen atoms in total. The number of hydrogen-bond acceptors (Lipinski definition) is 2. The van der Waals surface area contributed by atoms with Gasteiger partial charge in [-0.25, -0.2) is 13.2 Å². The average molecular weight is 359 g/mol. The molecule has 1 N–H and O–H groups in total. The van der Waals surface area contributed by atoms with Crippen LogP contribution in [0.5, 0.6) is 0 Å². The van der Waals surface area contributed by atoms with Gasteiger partial charge >= 0.3 is 0 Å². The molecular weight excluding hydrogens is 343 g/mol. The molecule has 3 aromatic rings. The van der Waals surface area contributed by atoms with Crippen LogP contribution in [0.25, 0.3) is 11.3 Å². The van der Waals surface area contributed by atoms with Crippen LogP contribution in [0.4, 0.5) is 18.9 Å². The summed E-state index contributed by atoms with van der Waals surface area (Å²) in [6.45, 7) is 4.28. The molecule has 1 heterocycles. The first-order valence-electron chi connectivity index (χ1n) is 8.00. The number of aryl methyl sites for hydroxylation is 2. The van der Waals surface area contributed by atoms with Crippen molar-refractivity contribution >= 4 is 11.6 Å². The Labute approximate surface area is 148 Å². The second-order valence-electron chi connectivity index (χ2n) is 5.73. The number of carbonyl (C=O) groups excluding carboxylic acids is 1. The van der Waals surface area contributed by atoms with Crippen LogP contribution in [-0.2, 0) is 6.54 Å². The van der Waals surface area contributed by atoms with Gasteiger partial charge in [-0.1, -0.05) is 6.07 Å². The van der Waals surface area contributed by atoms with Gasteiger partial charge in [-0.2, -0.15) is 5.10 Å². The van der Waals surface area contributed by atoms with Gasteiger partial charge in [0.2, 0.25) is 0 Å². The van der Waals surface area contributed by atoms with Crippen LogP contribution in [0.15, 0.2) is 42.5 Å². The summed E-state index contributed by atoms with van der Waals surface area (Å²) in [5.74, 6) is -3.53. The van der Waals surface area contributed by atoms with Gasteiger partial charge in [0.15, 0.2) is 0 Å². The first-order valence-corrected chi connectivity index (χ1v) is 8.00. The minimum absolute atomic E-state index is 0.0955. The standard InChI is InChI=1S/C19H16F3N3O/c1-3-25-17(9-11(2)24-25)13-8-7-12(10-16(13)22)23-19(26)18-14(20)5-4-6-15(18)21/h4-10H,3H2,1-2H3,(H,23,26). The van der Waals surface area contributed by atoms with Crippen LogP contribution >= 0.6 is 0 Å². The summed E-state index contributed by atoms with van der Waals surface area (Å²) in [4.78, 5) is 12.1. The number of rotatable bonds is 4. The van der Waals surface area contributed by atoms with Gasteiger partial charge in [0.05, 0.1) is 11.4 Å². The van der Waals surface area contributed by atoms with Gasteiger partial charge < -0.3 is 5.32 Å². The summed E-state index contributed by atoms with van der Waals surface area (Å²) >= 11 is 0. The molecule has 0 aliphatic rings. The summed E-state index contributed by atoms with van der Waals surface area (Å²) in [7, 11) is 0. The largest absolute Gasteiger partial charge is 0.322 e. The second kappa shape index (κ2) is 7.03. The van der Waals surface area contributed by atoms with Crippen molar-refractivity contribution in [2.45, 2.75) is 20.4 Å². The number of anilines is 1. The van der Waals surface area contributed by atoms with E-state index in [1.165, 1.54) is 12.1 Å². The number of benzene rings is 2. The van der Waals surface area contributed by atoms with Crippen molar-refractivity contribution in [2.24, 2.45) is 0 Å². The maximum atomic E-state index is 14.5. The molecule has 7 heteroatoms. The fourth-order valence-corrected chi connectivity index (χ4v) is 2.71. The molecule has 2 aromatic carbocycles. The number of hydrogen-bond donors (Lipinski definition) is 1. The maximum Gasteiger partial charge on any atom is 0.261 e. The lowest BCUT2D eigenvalue weighted by Crippen LogP contribution is -2.16. The SMILES string of the molecule is CCn1nc(C)cc1-c1ccc(NC(=O)c2c(F)cccc2F)cc1F. The van der Waals surface area contributed by atoms with E-state index in [0.717, 1.165) is 30.0 Å². The molecule has 3 rings (SSSR count). The smallest absolute Gasteiger partial charge is 0.261 e. The highest BCUT2D eigenvalue weighted by molar-refractivity contribution is 6.04. The number of nitrogens with one attached hydrogen (secondary N) is 1. The van der Waals surface area contributed by atoms with Gasteiger partial charge in [-0.3, -0.25) is 9.48 Å². The Balaban J connectivity index is 1.89. The minimum Gasteiger partial charge on any atom is -0.322 e. The Hall–Kier alpha value is -3.09. The molecule has 0 fully saturated rings. The van der Waals surface area contributed by atoms with Crippen molar-refractivity contribution in [3.8, 4) is 11.3 Å². The third-order valence-corrected chi connectivity index (χ3v) is 3.89. The van der Waals surface area contributed by atoms with Gasteiger partial charge in [-0.15, -0.1) is 0 Å². The van der Waals surface area contributed by atoms with E-state index in [4.69, 9.17) is 0 Å². The lowest BCUT2D eigenvalue weighted by atomic mass is 10.1. The molecule has 0 unspecified atom stereocenters. The summed E-state index contributed by atoms with van der Waals surface area (Å²) in [5, 5.41) is 6.59. The summed E-state index contributed by atoms with van der Waals surface area (Å²) in [5.41, 5.74) is 1.08. The molecule has 0 saturated carbocycles. The number of amides is 1. The highest BCUT2D eigenvalue weighted by atomic mass is 19.1. The van der Waals surface area contributed by atoms with Gasteiger partial charge in [0, 0.05) is 17.8 Å². The Morgan fingerprint density at radius 3 is 2.38 bits per heavy atom. The third kappa shape index (κ3) is 3.33. The highest BCUT2D eigenvalue weighted by Crippen LogP contribution is 2.26. The molecule has 0 radical (unpaired) electrons. The molecule has 1 amide bonds. The lowest BCUT2D eigenvalue weighted by Gasteiger charge is -2.10. The van der Waals surface area contributed by atoms with Crippen LogP contribution in [0.2, 0.25) is 0 Å². The maximum absolute atomic E-state index is 14.5. The summed E-state index contributed by atoms with van der Waals surface area (Å²) < 4.78 is 43.5. The predicted molar refractivity (Wildman–Crippen MR) is 92.3 cm³/mol. The molecular formula is C19H16F3N3O. The Morgan fingerprint density at radius 2 is 1.77 bits per heavy atom. The van der Waals surface area contributed by atoms with Crippen molar-refractivity contribution in [1.82, 2.24) is 9.78 Å². The van der Waals surface area contributed by atoms with E-state index >= 15 is 0 Å². The van der Waals surface area contributed by atoms with Crippen LogP contribution in [0.3, 0.4) is 0 Å². The van der Waals surface area contributed by atoms with Crippen molar-refractivity contribution < 1.29 is 18.0 Å². The molecule has 0 saturated heterocycles. The molecule has 0 aliphatic heterocycles. The van der Waals surface area contributed by atoms with Crippen LogP contribution in [-0.4, -0.2) is 15.7 Å². The molecule has 0 spiro atoms. The summed E-state index contributed by atoms with van der Waals surface area (Å²) in [6, 6.07) is 8.95. The molecule has 0 bridgehead atoms. The number of aromatic nitrogens is 2. The Morgan fingerprint density at radius 1 is 1.08 bits per heavy atom. The van der Waals surface area contributed by atoms with Crippen LogP contribution in [0, 0.1) is 24.4 Å². The quantitative estimate of drug-likeness (QED) is 0.743. The predicted octanol–water partition coefficient (Wildman–Crippen LogP) is 4.55. The van der Waals surface area contributed by atoms with Gasteiger partial charge in [-0.05, 0) is 50.2 Å². The monoisotopic (exact) mass is 359 g/mol. The first-order chi connectivity index (χ1) is 12.4. The van der Waals surface area contributed by atoms with Crippen molar-refractivity contribution in [3.05, 3.63) is 71.2 Å². The Bertz CT molecular complexity index is 962. The zero-order valence-electron chi connectivity index (χ0n) is 14.2. The van der Waals surface area contributed by atoms with E-state index in [9.17, 15) is 18.0 Å². The van der Waals surface area contributed by atoms with Crippen molar-refractivity contribution in [3.63, 3.8) is 0 Å². The molecule has 0 atom stereocenters. The highest BCUT2D eigenvalue weighted by Gasteiger charge is 2.18. The fraction of sp³-hybridized carbons (Fsp3) is 0.158. The minimum atomic E-state index is -0.984. The Kier molecular flexibility index (Phi) is 4.79. The number of halogens is 3. The van der Waals surface area contributed by atoms with Crippen molar-refractivity contribution in [2.75, 3.05) is 5.32 Å². The fourth-order valence-electron chi connectivity index (χ4n) is 2.71.